The molecule has 2 aliphatic heterocycles. The van der Waals surface area contributed by atoms with E-state index in [9.17, 15) is 0 Å². The molecule has 0 spiro atoms. The van der Waals surface area contributed by atoms with Crippen molar-refractivity contribution in [2.45, 2.75) is 71.1 Å². The average molecular weight is 853 g/mol. The molecular formula is C59H45BN4O2. The fourth-order valence-electron chi connectivity index (χ4n) is 12.9. The van der Waals surface area contributed by atoms with Gasteiger partial charge in [0.15, 0.2) is 11.2 Å². The molecule has 6 nitrogen and oxygen atoms in total. The topological polar surface area (TPSA) is 42.6 Å². The predicted molar refractivity (Wildman–Crippen MR) is 272 cm³/mol. The number of fused-ring (bicyclic) bond motifs is 14. The zero-order valence-corrected chi connectivity index (χ0v) is 37.0. The molecule has 9 aromatic rings. The summed E-state index contributed by atoms with van der Waals surface area (Å²) in [6.07, 6.45) is 24.1. The number of rotatable bonds is 4. The second-order valence-corrected chi connectivity index (χ2v) is 19.0. The SMILES string of the molecule is Cc1cc2c3c(c1)N(c1cccc4c1oc1ccccc14)c1c4c(n(C5=CC=CCC5)c1B3c1c(c3c(n1C1=C=C=CC=C1)CCCC3)N2c1cccc2c1oc1ccccc12)CCCC4. The van der Waals surface area contributed by atoms with Crippen molar-refractivity contribution in [1.82, 2.24) is 9.13 Å². The Labute approximate surface area is 383 Å². The minimum Gasteiger partial charge on any atom is -0.454 e. The highest BCUT2D eigenvalue weighted by atomic mass is 16.3. The van der Waals surface area contributed by atoms with Gasteiger partial charge in [0.25, 0.3) is 6.71 Å². The van der Waals surface area contributed by atoms with Gasteiger partial charge in [-0.25, -0.2) is 0 Å². The third-order valence-corrected chi connectivity index (χ3v) is 15.4. The average Bonchev–Trinajstić information content (AvgIpc) is 4.13. The number of anilines is 6. The highest BCUT2D eigenvalue weighted by molar-refractivity contribution is 7.00. The van der Waals surface area contributed by atoms with Gasteiger partial charge in [-0.2, -0.15) is 0 Å². The fraction of sp³-hybridized carbons (Fsp3) is 0.186. The van der Waals surface area contributed by atoms with E-state index in [1.165, 1.54) is 86.0 Å². The maximum Gasteiger partial charge on any atom is 0.294 e. The number of hydrogen-bond donors (Lipinski definition) is 0. The van der Waals surface area contributed by atoms with Crippen molar-refractivity contribution in [2.24, 2.45) is 0 Å². The van der Waals surface area contributed by atoms with Gasteiger partial charge in [0.2, 0.25) is 0 Å². The molecular weight excluding hydrogens is 807 g/mol. The number of para-hydroxylation sites is 4. The number of allylic oxidation sites excluding steroid dienone is 8. The lowest BCUT2D eigenvalue weighted by Crippen LogP contribution is -2.64. The first kappa shape index (κ1) is 36.7. The van der Waals surface area contributed by atoms with E-state index < -0.39 is 0 Å². The lowest BCUT2D eigenvalue weighted by atomic mass is 9.36. The maximum atomic E-state index is 7.01. The van der Waals surface area contributed by atoms with Gasteiger partial charge >= 0.3 is 0 Å². The van der Waals surface area contributed by atoms with Gasteiger partial charge in [-0.3, -0.25) is 0 Å². The van der Waals surface area contributed by atoms with Gasteiger partial charge < -0.3 is 27.8 Å². The van der Waals surface area contributed by atoms with Crippen LogP contribution in [0.3, 0.4) is 0 Å². The van der Waals surface area contributed by atoms with E-state index in [0.29, 0.717) is 0 Å². The van der Waals surface area contributed by atoms with Crippen molar-refractivity contribution in [3.63, 3.8) is 0 Å². The van der Waals surface area contributed by atoms with Crippen LogP contribution < -0.4 is 26.4 Å². The Morgan fingerprint density at radius 2 is 1.15 bits per heavy atom. The van der Waals surface area contributed by atoms with Crippen LogP contribution in [-0.2, 0) is 25.7 Å². The lowest BCUT2D eigenvalue weighted by Gasteiger charge is -2.43. The quantitative estimate of drug-likeness (QED) is 0.131. The summed E-state index contributed by atoms with van der Waals surface area (Å²) in [7, 11) is 0. The van der Waals surface area contributed by atoms with Crippen LogP contribution in [-0.4, -0.2) is 15.8 Å². The summed E-state index contributed by atoms with van der Waals surface area (Å²) < 4.78 is 19.4. The molecule has 66 heavy (non-hydrogen) atoms. The van der Waals surface area contributed by atoms with Crippen molar-refractivity contribution in [2.75, 3.05) is 9.80 Å². The number of hydrogen-bond acceptors (Lipinski definition) is 4. The summed E-state index contributed by atoms with van der Waals surface area (Å²) in [5.74, 6) is 0. The fourth-order valence-corrected chi connectivity index (χ4v) is 12.9. The normalized spacial score (nSPS) is 16.8. The number of furan rings is 2. The summed E-state index contributed by atoms with van der Waals surface area (Å²) in [5, 5.41) is 4.55. The molecule has 0 amide bonds. The van der Waals surface area contributed by atoms with E-state index in [1.54, 1.807) is 0 Å². The molecule has 316 valence electrons. The first-order chi connectivity index (χ1) is 32.7. The van der Waals surface area contributed by atoms with E-state index in [4.69, 9.17) is 8.83 Å². The minimum atomic E-state index is -0.102. The van der Waals surface area contributed by atoms with Crippen LogP contribution in [0.5, 0.6) is 0 Å². The molecule has 4 aromatic heterocycles. The van der Waals surface area contributed by atoms with Crippen molar-refractivity contribution in [3.8, 4) is 0 Å². The van der Waals surface area contributed by atoms with Crippen molar-refractivity contribution < 1.29 is 8.83 Å². The largest absolute Gasteiger partial charge is 0.454 e. The standard InChI is InChI=1S/C59H45BN4O2/c1-36-34-49-53-50(35-36)64(48-31-17-27-42-40-23-11-15-33-52(40)66-57(42)48)55-44-25-9-13-29-46(44)62(38-20-6-3-7-21-38)59(55)60(53)58-54(43-24-8-12-28-45(43)61(58)37-18-4-2-5-19-37)63(49)47-30-16-26-41-39-22-10-14-32-51(39)65-56(41)47/h2-4,6,10-11,14-18,20,22-23,26-27,30-35H,5,8-9,12-13,19,24-25,28-29H2,1H3. The Hall–Kier alpha value is -7.56. The van der Waals surface area contributed by atoms with Gasteiger partial charge in [0.1, 0.15) is 11.2 Å². The maximum absolute atomic E-state index is 7.01. The molecule has 6 aliphatic rings. The molecule has 0 radical (unpaired) electrons. The zero-order chi connectivity index (χ0) is 43.2. The van der Waals surface area contributed by atoms with Crippen LogP contribution in [0.15, 0.2) is 154 Å². The molecule has 0 fully saturated rings. The van der Waals surface area contributed by atoms with Gasteiger partial charge in [0, 0.05) is 61.2 Å². The van der Waals surface area contributed by atoms with Gasteiger partial charge in [-0.15, -0.1) is 0 Å². The zero-order valence-electron chi connectivity index (χ0n) is 37.0. The molecule has 0 N–H and O–H groups in total. The van der Waals surface area contributed by atoms with Crippen LogP contribution in [0, 0.1) is 6.92 Å². The predicted octanol–water partition coefficient (Wildman–Crippen LogP) is 13.1. The first-order valence-electron chi connectivity index (χ1n) is 24.0. The van der Waals surface area contributed by atoms with Gasteiger partial charge in [-0.1, -0.05) is 84.6 Å². The van der Waals surface area contributed by atoms with Crippen LogP contribution >= 0.6 is 0 Å². The Morgan fingerprint density at radius 3 is 1.74 bits per heavy atom. The number of aromatic nitrogens is 2. The molecule has 0 saturated carbocycles. The second-order valence-electron chi connectivity index (χ2n) is 19.0. The molecule has 15 rings (SSSR count). The number of aryl methyl sites for hydroxylation is 1. The van der Waals surface area contributed by atoms with Crippen molar-refractivity contribution in [1.29, 1.82) is 0 Å². The van der Waals surface area contributed by atoms with Crippen molar-refractivity contribution in [3.05, 3.63) is 173 Å². The molecule has 0 atom stereocenters. The van der Waals surface area contributed by atoms with Gasteiger partial charge in [0.05, 0.1) is 28.4 Å². The van der Waals surface area contributed by atoms with E-state index in [0.717, 1.165) is 112 Å². The van der Waals surface area contributed by atoms with E-state index in [1.807, 2.05) is 6.08 Å². The Morgan fingerprint density at radius 1 is 0.576 bits per heavy atom. The molecule has 5 aromatic carbocycles. The molecule has 7 heteroatoms. The minimum absolute atomic E-state index is 0.102. The van der Waals surface area contributed by atoms with Crippen LogP contribution in [0.25, 0.3) is 55.3 Å². The molecule has 0 unspecified atom stereocenters. The summed E-state index contributed by atoms with van der Waals surface area (Å²) >= 11 is 0. The smallest absolute Gasteiger partial charge is 0.294 e. The summed E-state index contributed by atoms with van der Waals surface area (Å²) in [4.78, 5) is 5.26. The summed E-state index contributed by atoms with van der Waals surface area (Å²) in [6.45, 7) is 2.18. The Bertz CT molecular complexity index is 3830. The second kappa shape index (κ2) is 13.7. The highest BCUT2D eigenvalue weighted by Gasteiger charge is 2.52. The highest BCUT2D eigenvalue weighted by Crippen LogP contribution is 2.53. The third kappa shape index (κ3) is 4.89. The summed E-state index contributed by atoms with van der Waals surface area (Å²) in [6, 6.07) is 35.5. The Balaban J connectivity index is 1.14. The van der Waals surface area contributed by atoms with Crippen LogP contribution in [0.1, 0.15) is 66.6 Å². The van der Waals surface area contributed by atoms with Crippen LogP contribution in [0.4, 0.5) is 34.1 Å². The third-order valence-electron chi connectivity index (χ3n) is 15.4. The number of benzene rings is 5. The van der Waals surface area contributed by atoms with E-state index >= 15 is 0 Å². The van der Waals surface area contributed by atoms with Crippen LogP contribution in [0.2, 0.25) is 0 Å². The van der Waals surface area contributed by atoms with Crippen molar-refractivity contribution >= 4 is 113 Å². The number of nitrogens with zero attached hydrogens (tertiary/aromatic N) is 4. The van der Waals surface area contributed by atoms with E-state index in [-0.39, 0.29) is 6.71 Å². The Kier molecular flexibility index (Phi) is 7.65. The van der Waals surface area contributed by atoms with Gasteiger partial charge in [-0.05, 0) is 154 Å². The molecule has 6 heterocycles. The molecule has 0 bridgehead atoms. The van der Waals surface area contributed by atoms with E-state index in [2.05, 4.69) is 165 Å². The first-order valence-corrected chi connectivity index (χ1v) is 24.0. The lowest BCUT2D eigenvalue weighted by molar-refractivity contribution is 0.662. The molecule has 4 aliphatic carbocycles. The molecule has 0 saturated heterocycles. The summed E-state index contributed by atoms with van der Waals surface area (Å²) in [5.41, 5.74) is 31.3. The monoisotopic (exact) mass is 852 g/mol.